The predicted molar refractivity (Wildman–Crippen MR) is 68.7 cm³/mol. The van der Waals surface area contributed by atoms with Crippen LogP contribution in [0.2, 0.25) is 0 Å². The highest BCUT2D eigenvalue weighted by Gasteiger charge is 2.06. The van der Waals surface area contributed by atoms with Gasteiger partial charge in [-0.25, -0.2) is 9.18 Å². The van der Waals surface area contributed by atoms with Crippen LogP contribution in [0.25, 0.3) is 0 Å². The summed E-state index contributed by atoms with van der Waals surface area (Å²) in [4.78, 5) is 11.5. The maximum Gasteiger partial charge on any atom is 0.349 e. The largest absolute Gasteiger partial charge is 0.482 e. The molecule has 0 heterocycles. The SMILES string of the molecule is Cc1ccc(OC(=O)COc2ccc(F)cc2)cc1. The number of hydrogen-bond donors (Lipinski definition) is 0. The molecule has 0 amide bonds. The van der Waals surface area contributed by atoms with E-state index in [0.717, 1.165) is 5.56 Å². The average Bonchev–Trinajstić information content (AvgIpc) is 2.41. The number of aryl methyl sites for hydroxylation is 1. The molecule has 0 aliphatic carbocycles. The minimum Gasteiger partial charge on any atom is -0.482 e. The van der Waals surface area contributed by atoms with Crippen LogP contribution < -0.4 is 9.47 Å². The van der Waals surface area contributed by atoms with Gasteiger partial charge in [-0.3, -0.25) is 0 Å². The van der Waals surface area contributed by atoms with Crippen LogP contribution in [0.4, 0.5) is 4.39 Å². The molecule has 0 aliphatic heterocycles. The summed E-state index contributed by atoms with van der Waals surface area (Å²) in [6, 6.07) is 12.6. The van der Waals surface area contributed by atoms with E-state index in [1.54, 1.807) is 12.1 Å². The zero-order valence-electron chi connectivity index (χ0n) is 10.4. The van der Waals surface area contributed by atoms with E-state index < -0.39 is 5.97 Å². The smallest absolute Gasteiger partial charge is 0.349 e. The van der Waals surface area contributed by atoms with E-state index in [1.165, 1.54) is 24.3 Å². The number of ether oxygens (including phenoxy) is 2. The lowest BCUT2D eigenvalue weighted by atomic mass is 10.2. The maximum atomic E-state index is 12.7. The van der Waals surface area contributed by atoms with Crippen molar-refractivity contribution < 1.29 is 18.7 Å². The third-order valence-corrected chi connectivity index (χ3v) is 2.42. The van der Waals surface area contributed by atoms with Crippen molar-refractivity contribution in [1.29, 1.82) is 0 Å². The Balaban J connectivity index is 1.84. The minimum absolute atomic E-state index is 0.223. The Morgan fingerprint density at radius 2 is 1.58 bits per heavy atom. The van der Waals surface area contributed by atoms with Crippen molar-refractivity contribution in [3.05, 3.63) is 59.9 Å². The van der Waals surface area contributed by atoms with Crippen LogP contribution in [0.3, 0.4) is 0 Å². The summed E-state index contributed by atoms with van der Waals surface area (Å²) in [6.07, 6.45) is 0. The Hall–Kier alpha value is -2.36. The van der Waals surface area contributed by atoms with Crippen molar-refractivity contribution in [3.8, 4) is 11.5 Å². The van der Waals surface area contributed by atoms with E-state index in [0.29, 0.717) is 11.5 Å². The number of carbonyl (C=O) groups excluding carboxylic acids is 1. The van der Waals surface area contributed by atoms with Crippen LogP contribution in [-0.4, -0.2) is 12.6 Å². The molecule has 0 N–H and O–H groups in total. The van der Waals surface area contributed by atoms with E-state index in [9.17, 15) is 9.18 Å². The van der Waals surface area contributed by atoms with Crippen molar-refractivity contribution in [1.82, 2.24) is 0 Å². The predicted octanol–water partition coefficient (Wildman–Crippen LogP) is 3.12. The number of benzene rings is 2. The van der Waals surface area contributed by atoms with Gasteiger partial charge in [0, 0.05) is 0 Å². The molecule has 98 valence electrons. The molecule has 0 unspecified atom stereocenters. The molecule has 0 fully saturated rings. The minimum atomic E-state index is -0.506. The van der Waals surface area contributed by atoms with E-state index in [1.807, 2.05) is 19.1 Å². The fraction of sp³-hybridized carbons (Fsp3) is 0.133. The van der Waals surface area contributed by atoms with Crippen LogP contribution in [0.5, 0.6) is 11.5 Å². The summed E-state index contributed by atoms with van der Waals surface area (Å²) in [5.41, 5.74) is 1.09. The second-order valence-corrected chi connectivity index (χ2v) is 4.03. The first-order valence-corrected chi connectivity index (χ1v) is 5.79. The summed E-state index contributed by atoms with van der Waals surface area (Å²) in [5, 5.41) is 0. The normalized spacial score (nSPS) is 10.0. The van der Waals surface area contributed by atoms with E-state index in [4.69, 9.17) is 9.47 Å². The molecule has 0 bridgehead atoms. The first-order chi connectivity index (χ1) is 9.13. The van der Waals surface area contributed by atoms with Gasteiger partial charge in [0.25, 0.3) is 0 Å². The zero-order valence-corrected chi connectivity index (χ0v) is 10.4. The highest BCUT2D eigenvalue weighted by atomic mass is 19.1. The zero-order chi connectivity index (χ0) is 13.7. The molecular weight excluding hydrogens is 247 g/mol. The molecule has 4 heteroatoms. The third-order valence-electron chi connectivity index (χ3n) is 2.42. The molecule has 3 nitrogen and oxygen atoms in total. The number of rotatable bonds is 4. The van der Waals surface area contributed by atoms with Crippen LogP contribution >= 0.6 is 0 Å². The average molecular weight is 260 g/mol. The van der Waals surface area contributed by atoms with Gasteiger partial charge >= 0.3 is 5.97 Å². The molecule has 2 aromatic rings. The molecule has 2 rings (SSSR count). The summed E-state index contributed by atoms with van der Waals surface area (Å²) < 4.78 is 22.9. The lowest BCUT2D eigenvalue weighted by Gasteiger charge is -2.06. The molecule has 0 spiro atoms. The standard InChI is InChI=1S/C15H13FO3/c1-11-2-6-14(7-3-11)19-15(17)10-18-13-8-4-12(16)5-9-13/h2-9H,10H2,1H3. The van der Waals surface area contributed by atoms with Gasteiger partial charge in [0.1, 0.15) is 17.3 Å². The van der Waals surface area contributed by atoms with Gasteiger partial charge < -0.3 is 9.47 Å². The van der Waals surface area contributed by atoms with Crippen LogP contribution in [0.15, 0.2) is 48.5 Å². The molecule has 0 aromatic heterocycles. The fourth-order valence-electron chi connectivity index (χ4n) is 1.44. The van der Waals surface area contributed by atoms with Gasteiger partial charge in [0.2, 0.25) is 0 Å². The van der Waals surface area contributed by atoms with Crippen LogP contribution in [-0.2, 0) is 4.79 Å². The Bertz CT molecular complexity index is 547. The van der Waals surface area contributed by atoms with Gasteiger partial charge in [-0.2, -0.15) is 0 Å². The van der Waals surface area contributed by atoms with Gasteiger partial charge in [-0.15, -0.1) is 0 Å². The second kappa shape index (κ2) is 6.00. The molecule has 0 aliphatic rings. The summed E-state index contributed by atoms with van der Waals surface area (Å²) >= 11 is 0. The number of esters is 1. The number of halogens is 1. The maximum absolute atomic E-state index is 12.7. The Kier molecular flexibility index (Phi) is 4.13. The van der Waals surface area contributed by atoms with Gasteiger partial charge in [0.15, 0.2) is 6.61 Å². The fourth-order valence-corrected chi connectivity index (χ4v) is 1.44. The molecular formula is C15H13FO3. The van der Waals surface area contributed by atoms with Gasteiger partial charge in [-0.1, -0.05) is 17.7 Å². The molecule has 0 atom stereocenters. The Morgan fingerprint density at radius 3 is 2.21 bits per heavy atom. The Labute approximate surface area is 110 Å². The first kappa shape index (κ1) is 13.1. The van der Waals surface area contributed by atoms with Crippen molar-refractivity contribution in [2.75, 3.05) is 6.61 Å². The van der Waals surface area contributed by atoms with Crippen molar-refractivity contribution in [2.45, 2.75) is 6.92 Å². The van der Waals surface area contributed by atoms with Crippen molar-refractivity contribution >= 4 is 5.97 Å². The quantitative estimate of drug-likeness (QED) is 0.626. The van der Waals surface area contributed by atoms with Crippen molar-refractivity contribution in [2.24, 2.45) is 0 Å². The van der Waals surface area contributed by atoms with E-state index in [-0.39, 0.29) is 12.4 Å². The van der Waals surface area contributed by atoms with Crippen molar-refractivity contribution in [3.63, 3.8) is 0 Å². The van der Waals surface area contributed by atoms with E-state index in [2.05, 4.69) is 0 Å². The van der Waals surface area contributed by atoms with Gasteiger partial charge in [-0.05, 0) is 43.3 Å². The van der Waals surface area contributed by atoms with Crippen LogP contribution in [0, 0.1) is 12.7 Å². The monoisotopic (exact) mass is 260 g/mol. The topological polar surface area (TPSA) is 35.5 Å². The Morgan fingerprint density at radius 1 is 1.00 bits per heavy atom. The van der Waals surface area contributed by atoms with Crippen LogP contribution in [0.1, 0.15) is 5.56 Å². The summed E-state index contributed by atoms with van der Waals surface area (Å²) in [5.74, 6) is 0.0309. The molecule has 2 aromatic carbocycles. The summed E-state index contributed by atoms with van der Waals surface area (Å²) in [6.45, 7) is 1.72. The number of carbonyl (C=O) groups is 1. The lowest BCUT2D eigenvalue weighted by Crippen LogP contribution is -2.17. The lowest BCUT2D eigenvalue weighted by molar-refractivity contribution is -0.136. The third kappa shape index (κ3) is 4.10. The summed E-state index contributed by atoms with van der Waals surface area (Å²) in [7, 11) is 0. The molecule has 19 heavy (non-hydrogen) atoms. The highest BCUT2D eigenvalue weighted by Crippen LogP contribution is 2.13. The molecule has 0 radical (unpaired) electrons. The number of hydrogen-bond acceptors (Lipinski definition) is 3. The highest BCUT2D eigenvalue weighted by molar-refractivity contribution is 5.73. The van der Waals surface area contributed by atoms with E-state index >= 15 is 0 Å². The molecule has 0 saturated heterocycles. The van der Waals surface area contributed by atoms with Gasteiger partial charge in [0.05, 0.1) is 0 Å². The second-order valence-electron chi connectivity index (χ2n) is 4.03. The first-order valence-electron chi connectivity index (χ1n) is 5.79. The molecule has 0 saturated carbocycles.